The number of rotatable bonds is 9. The highest BCUT2D eigenvalue weighted by Gasteiger charge is 2.29. The zero-order chi connectivity index (χ0) is 25.8. The van der Waals surface area contributed by atoms with Crippen LogP contribution in [0.4, 0.5) is 21.5 Å². The Bertz CT molecular complexity index is 1410. The van der Waals surface area contributed by atoms with Gasteiger partial charge in [0, 0.05) is 30.5 Å². The molecule has 3 rings (SSSR count). The third kappa shape index (κ3) is 6.48. The Morgan fingerprint density at radius 2 is 1.46 bits per heavy atom. The van der Waals surface area contributed by atoms with Crippen LogP contribution in [0, 0.1) is 5.82 Å². The summed E-state index contributed by atoms with van der Waals surface area (Å²) in [5, 5.41) is 2.95. The highest BCUT2D eigenvalue weighted by atomic mass is 35.5. The van der Waals surface area contributed by atoms with Gasteiger partial charge in [-0.15, -0.1) is 0 Å². The number of halogens is 2. The van der Waals surface area contributed by atoms with E-state index in [9.17, 15) is 26.0 Å². The number of hydrogen-bond acceptors (Lipinski definition) is 5. The molecular weight excluding hydrogens is 519 g/mol. The summed E-state index contributed by atoms with van der Waals surface area (Å²) in [5.74, 6) is -1.57. The van der Waals surface area contributed by atoms with Crippen LogP contribution in [-0.2, 0) is 25.0 Å². The molecule has 0 saturated carbocycles. The van der Waals surface area contributed by atoms with Crippen molar-refractivity contribution in [3.63, 3.8) is 0 Å². The number of carbonyl (C=O) groups is 1. The van der Waals surface area contributed by atoms with Gasteiger partial charge in [-0.05, 0) is 60.7 Å². The second-order valence-electron chi connectivity index (χ2n) is 7.43. The van der Waals surface area contributed by atoms with Crippen LogP contribution in [0.25, 0.3) is 0 Å². The van der Waals surface area contributed by atoms with Crippen LogP contribution in [0.1, 0.15) is 0 Å². The molecular formula is C22H22ClFN4O5S2. The smallest absolute Gasteiger partial charge is 0.304 e. The van der Waals surface area contributed by atoms with Gasteiger partial charge in [-0.3, -0.25) is 9.52 Å². The largest absolute Gasteiger partial charge is 0.325 e. The van der Waals surface area contributed by atoms with Gasteiger partial charge in [0.15, 0.2) is 0 Å². The maximum absolute atomic E-state index is 14.3. The highest BCUT2D eigenvalue weighted by molar-refractivity contribution is 7.92. The Labute approximate surface area is 208 Å². The van der Waals surface area contributed by atoms with Crippen molar-refractivity contribution in [3.8, 4) is 0 Å². The van der Waals surface area contributed by atoms with Gasteiger partial charge >= 0.3 is 10.2 Å². The van der Waals surface area contributed by atoms with E-state index in [2.05, 4.69) is 10.0 Å². The number of sulfonamides is 1. The van der Waals surface area contributed by atoms with Crippen LogP contribution in [0.2, 0.25) is 5.02 Å². The predicted octanol–water partition coefficient (Wildman–Crippen LogP) is 3.53. The van der Waals surface area contributed by atoms with Gasteiger partial charge in [-0.1, -0.05) is 23.7 Å². The van der Waals surface area contributed by atoms with Crippen LogP contribution in [-0.4, -0.2) is 47.7 Å². The summed E-state index contributed by atoms with van der Waals surface area (Å²) in [6, 6.07) is 16.5. The van der Waals surface area contributed by atoms with Gasteiger partial charge in [0.05, 0.1) is 10.6 Å². The number of nitrogens with one attached hydrogen (secondary N) is 2. The second-order valence-corrected chi connectivity index (χ2v) is 11.6. The fourth-order valence-electron chi connectivity index (χ4n) is 2.92. The van der Waals surface area contributed by atoms with E-state index in [1.165, 1.54) is 68.7 Å². The third-order valence-electron chi connectivity index (χ3n) is 4.69. The van der Waals surface area contributed by atoms with Crippen molar-refractivity contribution in [3.05, 3.63) is 83.6 Å². The normalized spacial score (nSPS) is 11.8. The topological polar surface area (TPSA) is 116 Å². The molecule has 2 N–H and O–H groups in total. The number of benzene rings is 3. The van der Waals surface area contributed by atoms with Gasteiger partial charge in [0.1, 0.15) is 12.4 Å². The summed E-state index contributed by atoms with van der Waals surface area (Å²) in [4.78, 5) is 12.6. The average molecular weight is 541 g/mol. The first-order valence-corrected chi connectivity index (χ1v) is 13.3. The number of amides is 1. The molecule has 0 bridgehead atoms. The zero-order valence-electron chi connectivity index (χ0n) is 18.6. The Morgan fingerprint density at radius 3 is 2.03 bits per heavy atom. The summed E-state index contributed by atoms with van der Waals surface area (Å²) in [7, 11) is -5.57. The van der Waals surface area contributed by atoms with E-state index in [-0.39, 0.29) is 16.3 Å². The minimum Gasteiger partial charge on any atom is -0.325 e. The second kappa shape index (κ2) is 10.6. The fraction of sp³-hybridized carbons (Fsp3) is 0.136. The lowest BCUT2D eigenvalue weighted by Gasteiger charge is -2.27. The average Bonchev–Trinajstić information content (AvgIpc) is 2.79. The molecule has 35 heavy (non-hydrogen) atoms. The maximum atomic E-state index is 14.3. The number of anilines is 3. The third-order valence-corrected chi connectivity index (χ3v) is 8.15. The van der Waals surface area contributed by atoms with Crippen molar-refractivity contribution >= 4 is 54.8 Å². The summed E-state index contributed by atoms with van der Waals surface area (Å²) < 4.78 is 68.8. The molecule has 0 radical (unpaired) electrons. The first-order valence-electron chi connectivity index (χ1n) is 10.0. The standard InChI is InChI=1S/C22H22ClFN4O5S2/c1-27(2)35(32,33)28(21-6-4-3-5-20(21)24)15-22(29)25-17-11-13-19(14-12-17)34(30,31)26-18-9-7-16(23)8-10-18/h3-14,26H,15H2,1-2H3,(H,25,29). The van der Waals surface area contributed by atoms with Crippen molar-refractivity contribution in [2.45, 2.75) is 4.90 Å². The van der Waals surface area contributed by atoms with E-state index >= 15 is 0 Å². The molecule has 0 aliphatic heterocycles. The quantitative estimate of drug-likeness (QED) is 0.431. The monoisotopic (exact) mass is 540 g/mol. The molecule has 0 unspecified atom stereocenters. The number of hydrogen-bond donors (Lipinski definition) is 2. The van der Waals surface area contributed by atoms with Gasteiger partial charge in [0.25, 0.3) is 10.0 Å². The molecule has 1 amide bonds. The molecule has 13 heteroatoms. The molecule has 0 atom stereocenters. The van der Waals surface area contributed by atoms with Crippen molar-refractivity contribution in [2.24, 2.45) is 0 Å². The van der Waals surface area contributed by atoms with Crippen LogP contribution in [0.15, 0.2) is 77.7 Å². The molecule has 3 aromatic rings. The van der Waals surface area contributed by atoms with E-state index in [0.29, 0.717) is 15.0 Å². The molecule has 0 heterocycles. The Kier molecular flexibility index (Phi) is 8.00. The van der Waals surface area contributed by atoms with E-state index < -0.39 is 38.5 Å². The molecule has 9 nitrogen and oxygen atoms in total. The van der Waals surface area contributed by atoms with Gasteiger partial charge in [-0.2, -0.15) is 12.7 Å². The number of nitrogens with zero attached hydrogens (tertiary/aromatic N) is 2. The molecule has 0 aromatic heterocycles. The lowest BCUT2D eigenvalue weighted by atomic mass is 10.3. The molecule has 0 fully saturated rings. The minimum atomic E-state index is -4.19. The molecule has 0 aliphatic carbocycles. The summed E-state index contributed by atoms with van der Waals surface area (Å²) in [6.45, 7) is -0.709. The van der Waals surface area contributed by atoms with Gasteiger partial charge < -0.3 is 5.32 Å². The van der Waals surface area contributed by atoms with Crippen molar-refractivity contribution in [1.29, 1.82) is 0 Å². The molecule has 3 aromatic carbocycles. The number of para-hydroxylation sites is 1. The Balaban J connectivity index is 1.75. The van der Waals surface area contributed by atoms with Crippen LogP contribution in [0.5, 0.6) is 0 Å². The summed E-state index contributed by atoms with van der Waals surface area (Å²) in [5.41, 5.74) is 0.254. The van der Waals surface area contributed by atoms with Crippen molar-refractivity contribution < 1.29 is 26.0 Å². The number of carbonyl (C=O) groups excluding carboxylic acids is 1. The van der Waals surface area contributed by atoms with Crippen LogP contribution < -0.4 is 14.3 Å². The Hall–Kier alpha value is -3.19. The first-order chi connectivity index (χ1) is 16.4. The molecule has 0 spiro atoms. The maximum Gasteiger partial charge on any atom is 0.304 e. The van der Waals surface area contributed by atoms with Crippen LogP contribution in [0.3, 0.4) is 0 Å². The highest BCUT2D eigenvalue weighted by Crippen LogP contribution is 2.24. The van der Waals surface area contributed by atoms with Crippen molar-refractivity contribution in [2.75, 3.05) is 35.0 Å². The molecule has 186 valence electrons. The van der Waals surface area contributed by atoms with Gasteiger partial charge in [0.2, 0.25) is 5.91 Å². The minimum absolute atomic E-state index is 0.0615. The lowest BCUT2D eigenvalue weighted by molar-refractivity contribution is -0.114. The summed E-state index contributed by atoms with van der Waals surface area (Å²) in [6.07, 6.45) is 0. The Morgan fingerprint density at radius 1 is 0.886 bits per heavy atom. The van der Waals surface area contributed by atoms with E-state index in [0.717, 1.165) is 10.4 Å². The fourth-order valence-corrected chi connectivity index (χ4v) is 5.18. The van der Waals surface area contributed by atoms with Gasteiger partial charge in [-0.25, -0.2) is 17.1 Å². The van der Waals surface area contributed by atoms with E-state index in [4.69, 9.17) is 11.6 Å². The summed E-state index contributed by atoms with van der Waals surface area (Å²) >= 11 is 5.80. The molecule has 0 saturated heterocycles. The van der Waals surface area contributed by atoms with Crippen LogP contribution >= 0.6 is 11.6 Å². The predicted molar refractivity (Wildman–Crippen MR) is 134 cm³/mol. The van der Waals surface area contributed by atoms with Crippen molar-refractivity contribution in [1.82, 2.24) is 4.31 Å². The SMILES string of the molecule is CN(C)S(=O)(=O)N(CC(=O)Nc1ccc(S(=O)(=O)Nc2ccc(Cl)cc2)cc1)c1ccccc1F. The van der Waals surface area contributed by atoms with E-state index in [1.54, 1.807) is 12.1 Å². The first kappa shape index (κ1) is 26.4. The lowest BCUT2D eigenvalue weighted by Crippen LogP contribution is -2.44. The molecule has 0 aliphatic rings. The van der Waals surface area contributed by atoms with E-state index in [1.807, 2.05) is 0 Å². The zero-order valence-corrected chi connectivity index (χ0v) is 21.0.